The third-order valence-electron chi connectivity index (χ3n) is 3.80. The highest BCUT2D eigenvalue weighted by atomic mass is 16.5. The number of fused-ring (bicyclic) bond motifs is 2. The molecule has 3 N–H and O–H groups in total. The van der Waals surface area contributed by atoms with Gasteiger partial charge in [-0.05, 0) is 18.2 Å². The van der Waals surface area contributed by atoms with Gasteiger partial charge in [0, 0.05) is 30.3 Å². The lowest BCUT2D eigenvalue weighted by Gasteiger charge is -2.19. The van der Waals surface area contributed by atoms with Gasteiger partial charge in [0.25, 0.3) is 0 Å². The van der Waals surface area contributed by atoms with Crippen molar-refractivity contribution in [3.05, 3.63) is 58.1 Å². The molecule has 140 valence electrons. The highest BCUT2D eigenvalue weighted by Crippen LogP contribution is 2.36. The zero-order valence-electron chi connectivity index (χ0n) is 14.4. The molecule has 27 heavy (non-hydrogen) atoms. The minimum Gasteiger partial charge on any atom is -0.507 e. The number of carbonyl (C=O) groups excluding carboxylic acids is 4. The van der Waals surface area contributed by atoms with Crippen LogP contribution >= 0.6 is 0 Å². The van der Waals surface area contributed by atoms with Crippen molar-refractivity contribution in [3.63, 3.8) is 0 Å². The minimum atomic E-state index is -0.636. The fourth-order valence-electron chi connectivity index (χ4n) is 2.59. The summed E-state index contributed by atoms with van der Waals surface area (Å²) >= 11 is 0. The first-order valence-electron chi connectivity index (χ1n) is 7.85. The van der Waals surface area contributed by atoms with Crippen LogP contribution in [0.3, 0.4) is 0 Å². The van der Waals surface area contributed by atoms with Gasteiger partial charge >= 0.3 is 0 Å². The van der Waals surface area contributed by atoms with E-state index < -0.39 is 17.3 Å². The Morgan fingerprint density at radius 3 is 2.33 bits per heavy atom. The number of ether oxygens (including phenoxy) is 1. The second-order valence-corrected chi connectivity index (χ2v) is 5.50. The monoisotopic (exact) mass is 371 g/mol. The van der Waals surface area contributed by atoms with E-state index in [-0.39, 0.29) is 33.6 Å². The second-order valence-electron chi connectivity index (χ2n) is 5.50. The molecule has 2 aromatic rings. The Bertz CT molecular complexity index is 905. The summed E-state index contributed by atoms with van der Waals surface area (Å²) in [6, 6.07) is 6.54. The number of ketones is 2. The summed E-state index contributed by atoms with van der Waals surface area (Å²) in [6.45, 7) is 1.18. The minimum absolute atomic E-state index is 0.0322. The molecule has 3 rings (SSSR count). The molecule has 2 aromatic carbocycles. The van der Waals surface area contributed by atoms with Crippen LogP contribution in [0.2, 0.25) is 0 Å². The van der Waals surface area contributed by atoms with E-state index in [1.165, 1.54) is 24.3 Å². The molecule has 1 aliphatic carbocycles. The number of carbonyl (C=O) groups is 4. The molecule has 0 aromatic heterocycles. The van der Waals surface area contributed by atoms with Crippen molar-refractivity contribution >= 4 is 24.3 Å². The van der Waals surface area contributed by atoms with Crippen molar-refractivity contribution in [1.82, 2.24) is 5.32 Å². The van der Waals surface area contributed by atoms with Crippen molar-refractivity contribution in [1.29, 1.82) is 0 Å². The Morgan fingerprint density at radius 2 is 1.70 bits per heavy atom. The van der Waals surface area contributed by atoms with Crippen molar-refractivity contribution in [2.75, 3.05) is 20.3 Å². The van der Waals surface area contributed by atoms with Gasteiger partial charge < -0.3 is 20.3 Å². The van der Waals surface area contributed by atoms with E-state index in [9.17, 15) is 29.4 Å². The van der Waals surface area contributed by atoms with Gasteiger partial charge in [-0.1, -0.05) is 12.1 Å². The van der Waals surface area contributed by atoms with E-state index in [0.29, 0.717) is 25.8 Å². The van der Waals surface area contributed by atoms with Crippen LogP contribution in [0.4, 0.5) is 0 Å². The first kappa shape index (κ1) is 19.8. The Hall–Kier alpha value is -3.52. The summed E-state index contributed by atoms with van der Waals surface area (Å²) in [6.07, 6.45) is 1.13. The van der Waals surface area contributed by atoms with Gasteiger partial charge in [0.1, 0.15) is 17.8 Å². The molecule has 0 saturated heterocycles. The van der Waals surface area contributed by atoms with Gasteiger partial charge in [-0.3, -0.25) is 19.2 Å². The number of methoxy groups -OCH3 is 1. The molecule has 0 bridgehead atoms. The molecule has 0 radical (unpaired) electrons. The van der Waals surface area contributed by atoms with E-state index >= 15 is 0 Å². The van der Waals surface area contributed by atoms with Crippen LogP contribution < -0.4 is 5.32 Å². The summed E-state index contributed by atoms with van der Waals surface area (Å²) in [5.41, 5.74) is -0.181. The van der Waals surface area contributed by atoms with E-state index in [0.717, 1.165) is 6.07 Å². The van der Waals surface area contributed by atoms with Crippen molar-refractivity contribution in [2.24, 2.45) is 0 Å². The largest absolute Gasteiger partial charge is 0.507 e. The summed E-state index contributed by atoms with van der Waals surface area (Å²) in [5, 5.41) is 22.1. The molecule has 1 aliphatic rings. The highest BCUT2D eigenvalue weighted by Gasteiger charge is 2.34. The number of phenols is 2. The topological polar surface area (TPSA) is 130 Å². The second kappa shape index (κ2) is 8.72. The first-order valence-corrected chi connectivity index (χ1v) is 7.85. The lowest BCUT2D eigenvalue weighted by atomic mass is 9.82. The fourth-order valence-corrected chi connectivity index (χ4v) is 2.59. The van der Waals surface area contributed by atoms with E-state index in [1.807, 2.05) is 0 Å². The average Bonchev–Trinajstić information content (AvgIpc) is 2.66. The van der Waals surface area contributed by atoms with Crippen molar-refractivity contribution in [2.45, 2.75) is 0 Å². The van der Waals surface area contributed by atoms with Crippen LogP contribution in [-0.4, -0.2) is 54.7 Å². The quantitative estimate of drug-likeness (QED) is 0.452. The predicted molar refractivity (Wildman–Crippen MR) is 94.4 cm³/mol. The third kappa shape index (κ3) is 4.01. The molecule has 0 heterocycles. The maximum atomic E-state index is 12.3. The number of aromatic hydroxyl groups is 2. The normalized spacial score (nSPS) is 11.6. The van der Waals surface area contributed by atoms with Gasteiger partial charge in [0.2, 0.25) is 12.2 Å². The number of phenolic OH excluding ortho intramolecular Hbond substituents is 2. The van der Waals surface area contributed by atoms with E-state index in [4.69, 9.17) is 0 Å². The molecular formula is C19H17NO7. The Morgan fingerprint density at radius 1 is 1.00 bits per heavy atom. The lowest BCUT2D eigenvalue weighted by molar-refractivity contribution is -0.109. The number of hydrogen-bond donors (Lipinski definition) is 3. The van der Waals surface area contributed by atoms with Gasteiger partial charge in [-0.15, -0.1) is 0 Å². The van der Waals surface area contributed by atoms with Gasteiger partial charge in [0.05, 0.1) is 17.7 Å². The summed E-state index contributed by atoms with van der Waals surface area (Å²) < 4.78 is 4.62. The summed E-state index contributed by atoms with van der Waals surface area (Å²) in [5.74, 6) is -1.91. The molecule has 0 unspecified atom stereocenters. The Balaban J connectivity index is 0.000000321. The molecule has 0 aliphatic heterocycles. The molecule has 0 spiro atoms. The molecule has 0 saturated carbocycles. The number of amides is 1. The lowest BCUT2D eigenvalue weighted by Crippen LogP contribution is -2.21. The van der Waals surface area contributed by atoms with Gasteiger partial charge in [-0.25, -0.2) is 0 Å². The van der Waals surface area contributed by atoms with Crippen LogP contribution in [0.15, 0.2) is 30.3 Å². The van der Waals surface area contributed by atoms with Gasteiger partial charge in [-0.2, -0.15) is 0 Å². The zero-order valence-corrected chi connectivity index (χ0v) is 14.4. The molecule has 1 amide bonds. The smallest absolute Gasteiger partial charge is 0.207 e. The highest BCUT2D eigenvalue weighted by molar-refractivity contribution is 6.30. The molecule has 0 atom stereocenters. The standard InChI is InChI=1S/C15H8O5.C4H9NO2/c16-6-7-4-9-13(11(18)5-7)15(20)12-8(14(9)19)2-1-3-10(12)17;1-7-3-2-5-4-6/h1-6,17-18H;4H,2-3H2,1H3,(H,5,6). The van der Waals surface area contributed by atoms with E-state index in [1.54, 1.807) is 7.11 Å². The molecular weight excluding hydrogens is 354 g/mol. The van der Waals surface area contributed by atoms with Gasteiger partial charge in [0.15, 0.2) is 5.78 Å². The maximum Gasteiger partial charge on any atom is 0.207 e. The average molecular weight is 371 g/mol. The van der Waals surface area contributed by atoms with Crippen LogP contribution in [0.1, 0.15) is 42.2 Å². The van der Waals surface area contributed by atoms with Crippen molar-refractivity contribution in [3.8, 4) is 11.5 Å². The molecule has 0 fully saturated rings. The molecule has 8 heteroatoms. The first-order chi connectivity index (χ1) is 13.0. The molecule has 8 nitrogen and oxygen atoms in total. The van der Waals surface area contributed by atoms with Crippen LogP contribution in [0.25, 0.3) is 0 Å². The summed E-state index contributed by atoms with van der Waals surface area (Å²) in [4.78, 5) is 45.0. The van der Waals surface area contributed by atoms with Crippen molar-refractivity contribution < 1.29 is 34.1 Å². The van der Waals surface area contributed by atoms with Crippen LogP contribution in [-0.2, 0) is 9.53 Å². The van der Waals surface area contributed by atoms with Crippen LogP contribution in [0, 0.1) is 0 Å². The summed E-state index contributed by atoms with van der Waals surface area (Å²) in [7, 11) is 1.59. The predicted octanol–water partition coefficient (Wildman–Crippen LogP) is 1.06. The number of hydrogen-bond acceptors (Lipinski definition) is 7. The fraction of sp³-hybridized carbons (Fsp3) is 0.158. The SMILES string of the molecule is COCCNC=O.O=Cc1cc(O)c2c(c1)C(=O)c1cccc(O)c1C2=O. The maximum absolute atomic E-state index is 12.3. The third-order valence-corrected chi connectivity index (χ3v) is 3.80. The Labute approximate surface area is 154 Å². The number of benzene rings is 2. The number of aldehydes is 1. The Kier molecular flexibility index (Phi) is 6.40. The zero-order chi connectivity index (χ0) is 20.0. The van der Waals surface area contributed by atoms with Crippen LogP contribution in [0.5, 0.6) is 11.5 Å². The number of nitrogens with one attached hydrogen (secondary N) is 1. The number of rotatable bonds is 5. The van der Waals surface area contributed by atoms with E-state index in [2.05, 4.69) is 10.1 Å².